The molecule has 24 heavy (non-hydrogen) atoms. The third-order valence-electron chi connectivity index (χ3n) is 4.26. The number of likely N-dealkylation sites (N-methyl/N-ethyl adjacent to an activating group) is 1. The van der Waals surface area contributed by atoms with Crippen LogP contribution in [0.1, 0.15) is 43.6 Å². The number of carboxylic acid groups (broad SMARTS) is 1. The second-order valence-electron chi connectivity index (χ2n) is 6.34. The first-order valence-corrected chi connectivity index (χ1v) is 7.31. The van der Waals surface area contributed by atoms with Gasteiger partial charge in [-0.25, -0.2) is 4.79 Å². The number of amides is 1. The molecule has 1 amide bonds. The van der Waals surface area contributed by atoms with Crippen LogP contribution in [0.4, 0.5) is 13.2 Å². The molecule has 0 aliphatic rings. The summed E-state index contributed by atoms with van der Waals surface area (Å²) in [6.45, 7) is 6.05. The Kier molecular flexibility index (Phi) is 5.37. The van der Waals surface area contributed by atoms with Crippen molar-refractivity contribution in [1.29, 1.82) is 0 Å². The van der Waals surface area contributed by atoms with Crippen LogP contribution in [-0.4, -0.2) is 50.4 Å². The molecule has 0 spiro atoms. The minimum atomic E-state index is -4.42. The summed E-state index contributed by atoms with van der Waals surface area (Å²) < 4.78 is 38.6. The number of hydrogen-bond acceptors (Lipinski definition) is 3. The Morgan fingerprint density at radius 1 is 1.29 bits per heavy atom. The third-order valence-corrected chi connectivity index (χ3v) is 4.26. The van der Waals surface area contributed by atoms with E-state index in [0.717, 1.165) is 9.58 Å². The number of carbonyl (C=O) groups is 2. The zero-order valence-electron chi connectivity index (χ0n) is 14.5. The Bertz CT molecular complexity index is 650. The van der Waals surface area contributed by atoms with E-state index >= 15 is 0 Å². The molecule has 1 rings (SSSR count). The quantitative estimate of drug-likeness (QED) is 0.886. The van der Waals surface area contributed by atoms with Gasteiger partial charge in [0.25, 0.3) is 0 Å². The van der Waals surface area contributed by atoms with Crippen LogP contribution >= 0.6 is 0 Å². The van der Waals surface area contributed by atoms with E-state index in [2.05, 4.69) is 5.10 Å². The molecule has 1 atom stereocenters. The van der Waals surface area contributed by atoms with Crippen molar-refractivity contribution >= 4 is 11.9 Å². The summed E-state index contributed by atoms with van der Waals surface area (Å²) >= 11 is 0. The predicted molar refractivity (Wildman–Crippen MR) is 80.7 cm³/mol. The topological polar surface area (TPSA) is 75.4 Å². The maximum absolute atomic E-state index is 12.6. The fraction of sp³-hybridized carbons (Fsp3) is 0.667. The lowest BCUT2D eigenvalue weighted by molar-refractivity contribution is -0.155. The first-order chi connectivity index (χ1) is 10.7. The van der Waals surface area contributed by atoms with Crippen LogP contribution in [0.3, 0.4) is 0 Å². The fourth-order valence-electron chi connectivity index (χ4n) is 2.49. The predicted octanol–water partition coefficient (Wildman–Crippen LogP) is 2.49. The van der Waals surface area contributed by atoms with Crippen molar-refractivity contribution in [2.24, 2.45) is 0 Å². The fourth-order valence-corrected chi connectivity index (χ4v) is 2.49. The van der Waals surface area contributed by atoms with E-state index in [0.29, 0.717) is 11.3 Å². The van der Waals surface area contributed by atoms with Crippen LogP contribution < -0.4 is 0 Å². The Balaban J connectivity index is 3.18. The largest absolute Gasteiger partial charge is 0.480 e. The Morgan fingerprint density at radius 2 is 1.79 bits per heavy atom. The number of carboxylic acids is 1. The zero-order chi connectivity index (χ0) is 19.0. The van der Waals surface area contributed by atoms with Crippen molar-refractivity contribution in [2.75, 3.05) is 7.05 Å². The van der Waals surface area contributed by atoms with Crippen LogP contribution in [0, 0.1) is 13.8 Å². The third kappa shape index (κ3) is 3.88. The number of halogens is 3. The van der Waals surface area contributed by atoms with Gasteiger partial charge in [-0.2, -0.15) is 18.3 Å². The molecule has 0 saturated heterocycles. The van der Waals surface area contributed by atoms with Crippen molar-refractivity contribution in [3.63, 3.8) is 0 Å². The van der Waals surface area contributed by atoms with Gasteiger partial charge in [0.05, 0.1) is 11.6 Å². The smallest absolute Gasteiger partial charge is 0.408 e. The number of aryl methyl sites for hydroxylation is 1. The minimum Gasteiger partial charge on any atom is -0.480 e. The lowest BCUT2D eigenvalue weighted by Gasteiger charge is -2.33. The molecule has 136 valence electrons. The Morgan fingerprint density at radius 3 is 2.21 bits per heavy atom. The molecule has 6 nitrogen and oxygen atoms in total. The molecule has 0 aliphatic heterocycles. The zero-order valence-corrected chi connectivity index (χ0v) is 14.5. The Labute approximate surface area is 138 Å². The first kappa shape index (κ1) is 20.0. The van der Waals surface area contributed by atoms with E-state index < -0.39 is 36.1 Å². The minimum absolute atomic E-state index is 0.243. The molecule has 1 N–H and O–H groups in total. The number of aromatic nitrogens is 2. The van der Waals surface area contributed by atoms with E-state index in [1.807, 2.05) is 0 Å². The molecule has 0 radical (unpaired) electrons. The molecule has 0 saturated carbocycles. The molecule has 1 aromatic heterocycles. The highest BCUT2D eigenvalue weighted by atomic mass is 19.4. The molecule has 9 heteroatoms. The number of rotatable bonds is 5. The second-order valence-corrected chi connectivity index (χ2v) is 6.34. The van der Waals surface area contributed by atoms with Gasteiger partial charge >= 0.3 is 12.1 Å². The molecule has 0 aromatic carbocycles. The Hall–Kier alpha value is -2.06. The standard InChI is InChI=1S/C15H22F3N3O3/c1-8(12(22)20(6)14(4,5)13(23)24)11-9(2)19-21(10(11)3)7-15(16,17)18/h8H,7H2,1-6H3,(H,23,24). The van der Waals surface area contributed by atoms with E-state index in [4.69, 9.17) is 0 Å². The highest BCUT2D eigenvalue weighted by Gasteiger charge is 2.38. The lowest BCUT2D eigenvalue weighted by atomic mass is 9.94. The second kappa shape index (κ2) is 6.45. The van der Waals surface area contributed by atoms with Crippen LogP contribution in [0.25, 0.3) is 0 Å². The average Bonchev–Trinajstić information content (AvgIpc) is 2.68. The van der Waals surface area contributed by atoms with Gasteiger partial charge in [0.1, 0.15) is 12.1 Å². The summed E-state index contributed by atoms with van der Waals surface area (Å²) in [5, 5.41) is 13.1. The maximum atomic E-state index is 12.6. The van der Waals surface area contributed by atoms with Crippen LogP contribution in [0.2, 0.25) is 0 Å². The highest BCUT2D eigenvalue weighted by molar-refractivity contribution is 5.90. The molecule has 0 bridgehead atoms. The van der Waals surface area contributed by atoms with Crippen molar-refractivity contribution in [2.45, 2.75) is 58.8 Å². The molecule has 0 fully saturated rings. The van der Waals surface area contributed by atoms with Gasteiger partial charge in [-0.15, -0.1) is 0 Å². The maximum Gasteiger partial charge on any atom is 0.408 e. The molecular formula is C15H22F3N3O3. The molecule has 1 aromatic rings. The monoisotopic (exact) mass is 349 g/mol. The lowest BCUT2D eigenvalue weighted by Crippen LogP contribution is -2.52. The van der Waals surface area contributed by atoms with Crippen molar-refractivity contribution in [3.8, 4) is 0 Å². The summed E-state index contributed by atoms with van der Waals surface area (Å²) in [7, 11) is 1.36. The molecular weight excluding hydrogens is 327 g/mol. The van der Waals surface area contributed by atoms with E-state index in [1.54, 1.807) is 0 Å². The molecule has 0 aliphatic carbocycles. The highest BCUT2D eigenvalue weighted by Crippen LogP contribution is 2.29. The summed E-state index contributed by atoms with van der Waals surface area (Å²) in [6, 6.07) is 0. The van der Waals surface area contributed by atoms with Crippen molar-refractivity contribution < 1.29 is 27.9 Å². The first-order valence-electron chi connectivity index (χ1n) is 7.31. The summed E-state index contributed by atoms with van der Waals surface area (Å²) in [5.74, 6) is -2.48. The number of aliphatic carboxylic acids is 1. The van der Waals surface area contributed by atoms with Gasteiger partial charge < -0.3 is 10.0 Å². The van der Waals surface area contributed by atoms with Gasteiger partial charge in [0.15, 0.2) is 0 Å². The SMILES string of the molecule is Cc1nn(CC(F)(F)F)c(C)c1C(C)C(=O)N(C)C(C)(C)C(=O)O. The molecule has 1 unspecified atom stereocenters. The van der Waals surface area contributed by atoms with Gasteiger partial charge in [-0.05, 0) is 34.6 Å². The number of nitrogens with zero attached hydrogens (tertiary/aromatic N) is 3. The summed E-state index contributed by atoms with van der Waals surface area (Å²) in [6.07, 6.45) is -4.42. The van der Waals surface area contributed by atoms with E-state index in [9.17, 15) is 27.9 Å². The van der Waals surface area contributed by atoms with Crippen molar-refractivity contribution in [1.82, 2.24) is 14.7 Å². The number of alkyl halides is 3. The number of carbonyl (C=O) groups excluding carboxylic acids is 1. The summed E-state index contributed by atoms with van der Waals surface area (Å²) in [4.78, 5) is 25.0. The van der Waals surface area contributed by atoms with Crippen LogP contribution in [-0.2, 0) is 16.1 Å². The van der Waals surface area contributed by atoms with Crippen LogP contribution in [0.15, 0.2) is 0 Å². The molecule has 1 heterocycles. The van der Waals surface area contributed by atoms with E-state index in [1.165, 1.54) is 41.7 Å². The normalized spacial score (nSPS) is 13.7. The average molecular weight is 349 g/mol. The van der Waals surface area contributed by atoms with E-state index in [-0.39, 0.29) is 5.69 Å². The van der Waals surface area contributed by atoms with Gasteiger partial charge in [-0.1, -0.05) is 0 Å². The van der Waals surface area contributed by atoms with Gasteiger partial charge in [0.2, 0.25) is 5.91 Å². The number of hydrogen-bond donors (Lipinski definition) is 1. The van der Waals surface area contributed by atoms with Crippen molar-refractivity contribution in [3.05, 3.63) is 17.0 Å². The van der Waals surface area contributed by atoms with Crippen LogP contribution in [0.5, 0.6) is 0 Å². The van der Waals surface area contributed by atoms with Gasteiger partial charge in [0, 0.05) is 18.3 Å². The summed E-state index contributed by atoms with van der Waals surface area (Å²) in [5.41, 5.74) is -0.488. The van der Waals surface area contributed by atoms with Gasteiger partial charge in [-0.3, -0.25) is 9.48 Å².